The van der Waals surface area contributed by atoms with Gasteiger partial charge in [-0.05, 0) is 37.8 Å². The first-order valence-corrected chi connectivity index (χ1v) is 11.7. The Bertz CT molecular complexity index is 998. The third-order valence-corrected chi connectivity index (χ3v) is 7.41. The van der Waals surface area contributed by atoms with Crippen LogP contribution in [0.4, 0.5) is 0 Å². The largest absolute Gasteiger partial charge is 0.476 e. The number of carboxylic acid groups (broad SMARTS) is 1. The number of piperidine rings is 1. The van der Waals surface area contributed by atoms with Crippen LogP contribution in [-0.2, 0) is 4.74 Å². The van der Waals surface area contributed by atoms with Crippen molar-refractivity contribution >= 4 is 17.0 Å². The number of aromatic carboxylic acids is 1. The van der Waals surface area contributed by atoms with Crippen LogP contribution in [0.5, 0.6) is 0 Å². The molecule has 31 heavy (non-hydrogen) atoms. The van der Waals surface area contributed by atoms with Gasteiger partial charge in [0.25, 0.3) is 5.56 Å². The van der Waals surface area contributed by atoms with E-state index in [1.54, 1.807) is 10.6 Å². The summed E-state index contributed by atoms with van der Waals surface area (Å²) >= 11 is 0. The van der Waals surface area contributed by atoms with E-state index < -0.39 is 11.5 Å². The molecule has 1 aromatic carbocycles. The average Bonchev–Trinajstić information content (AvgIpc) is 2.72. The molecule has 5 rings (SSSR count). The zero-order valence-electron chi connectivity index (χ0n) is 17.9. The molecule has 3 heterocycles. The Balaban J connectivity index is 1.50. The molecule has 3 fully saturated rings. The minimum absolute atomic E-state index is 0.0396. The predicted octanol–water partition coefficient (Wildman–Crippen LogP) is 3.61. The first-order chi connectivity index (χ1) is 15.1. The number of rotatable bonds is 3. The molecule has 1 saturated carbocycles. The van der Waals surface area contributed by atoms with Crippen LogP contribution in [-0.4, -0.2) is 56.9 Å². The zero-order valence-corrected chi connectivity index (χ0v) is 17.9. The van der Waals surface area contributed by atoms with Crippen molar-refractivity contribution in [3.63, 3.8) is 0 Å². The molecular weight excluding hydrogens is 394 g/mol. The third-order valence-electron chi connectivity index (χ3n) is 7.41. The van der Waals surface area contributed by atoms with Crippen molar-refractivity contribution in [3.8, 4) is 0 Å². The van der Waals surface area contributed by atoms with E-state index in [1.165, 1.54) is 44.9 Å². The third kappa shape index (κ3) is 3.89. The number of benzene rings is 1. The second-order valence-electron chi connectivity index (χ2n) is 9.35. The lowest BCUT2D eigenvalue weighted by Crippen LogP contribution is -2.61. The zero-order chi connectivity index (χ0) is 21.4. The number of morpholine rings is 1. The summed E-state index contributed by atoms with van der Waals surface area (Å²) in [7, 11) is 0. The first kappa shape index (κ1) is 20.6. The summed E-state index contributed by atoms with van der Waals surface area (Å²) in [6, 6.07) is 8.48. The Labute approximate surface area is 182 Å². The number of hydrogen-bond acceptors (Lipinski definition) is 5. The number of carboxylic acids is 1. The van der Waals surface area contributed by atoms with Gasteiger partial charge in [-0.25, -0.2) is 9.78 Å². The maximum Gasteiger partial charge on any atom is 0.360 e. The molecule has 3 aliphatic rings. The molecule has 166 valence electrons. The molecule has 0 spiro atoms. The topological polar surface area (TPSA) is 84.7 Å². The fourth-order valence-corrected chi connectivity index (χ4v) is 6.11. The van der Waals surface area contributed by atoms with E-state index in [0.717, 1.165) is 18.4 Å². The van der Waals surface area contributed by atoms with Crippen molar-refractivity contribution in [3.05, 3.63) is 40.3 Å². The van der Waals surface area contributed by atoms with E-state index in [4.69, 9.17) is 4.74 Å². The molecule has 2 saturated heterocycles. The standard InChI is InChI=1S/C24H31N3O4/c28-23-22(24(29)30)25-20-10-6-7-11-21(20)27(23)17-12-18-14-31-15-19(13-17)26(18)16-8-4-2-1-3-5-9-16/h6-7,10-11,16-19H,1-5,8-9,12-15H2,(H,29,30). The van der Waals surface area contributed by atoms with E-state index in [0.29, 0.717) is 24.8 Å². The van der Waals surface area contributed by atoms with Crippen molar-refractivity contribution in [1.29, 1.82) is 0 Å². The highest BCUT2D eigenvalue weighted by molar-refractivity contribution is 5.88. The lowest BCUT2D eigenvalue weighted by molar-refractivity contribution is -0.108. The molecule has 7 nitrogen and oxygen atoms in total. The number of fused-ring (bicyclic) bond motifs is 3. The van der Waals surface area contributed by atoms with Gasteiger partial charge in [0.2, 0.25) is 5.69 Å². The van der Waals surface area contributed by atoms with Crippen LogP contribution in [0.2, 0.25) is 0 Å². The summed E-state index contributed by atoms with van der Waals surface area (Å²) in [4.78, 5) is 31.7. The lowest BCUT2D eigenvalue weighted by Gasteiger charge is -2.52. The van der Waals surface area contributed by atoms with Crippen LogP contribution >= 0.6 is 0 Å². The second-order valence-corrected chi connectivity index (χ2v) is 9.35. The van der Waals surface area contributed by atoms with Gasteiger partial charge in [-0.1, -0.05) is 44.2 Å². The summed E-state index contributed by atoms with van der Waals surface area (Å²) in [6.45, 7) is 1.38. The van der Waals surface area contributed by atoms with Gasteiger partial charge in [0.05, 0.1) is 24.2 Å². The average molecular weight is 426 g/mol. The van der Waals surface area contributed by atoms with Gasteiger partial charge >= 0.3 is 5.97 Å². The fraction of sp³-hybridized carbons (Fsp3) is 0.625. The normalized spacial score (nSPS) is 28.2. The van der Waals surface area contributed by atoms with Gasteiger partial charge in [-0.2, -0.15) is 0 Å². The van der Waals surface area contributed by atoms with Crippen LogP contribution in [0, 0.1) is 0 Å². The fourth-order valence-electron chi connectivity index (χ4n) is 6.11. The molecule has 2 aromatic rings. The van der Waals surface area contributed by atoms with Crippen molar-refractivity contribution in [2.75, 3.05) is 13.2 Å². The highest BCUT2D eigenvalue weighted by atomic mass is 16.5. The highest BCUT2D eigenvalue weighted by Crippen LogP contribution is 2.38. The van der Waals surface area contributed by atoms with E-state index in [-0.39, 0.29) is 23.8 Å². The minimum atomic E-state index is -1.26. The summed E-state index contributed by atoms with van der Waals surface area (Å²) < 4.78 is 7.66. The Morgan fingerprint density at radius 2 is 1.58 bits per heavy atom. The molecule has 2 atom stereocenters. The molecule has 7 heteroatoms. The molecule has 1 aliphatic carbocycles. The Morgan fingerprint density at radius 1 is 0.935 bits per heavy atom. The van der Waals surface area contributed by atoms with Crippen LogP contribution in [0.25, 0.3) is 11.0 Å². The summed E-state index contributed by atoms with van der Waals surface area (Å²) in [5.41, 5.74) is 0.404. The second kappa shape index (κ2) is 8.71. The number of ether oxygens (including phenoxy) is 1. The Kier molecular flexibility index (Phi) is 5.80. The van der Waals surface area contributed by atoms with Gasteiger partial charge in [-0.3, -0.25) is 9.69 Å². The molecule has 2 bridgehead atoms. The maximum atomic E-state index is 13.2. The monoisotopic (exact) mass is 425 g/mol. The maximum absolute atomic E-state index is 13.2. The summed E-state index contributed by atoms with van der Waals surface area (Å²) in [5, 5.41) is 9.57. The van der Waals surface area contributed by atoms with Crippen molar-refractivity contribution in [2.24, 2.45) is 0 Å². The Hall–Kier alpha value is -2.25. The van der Waals surface area contributed by atoms with E-state index >= 15 is 0 Å². The van der Waals surface area contributed by atoms with Crippen LogP contribution < -0.4 is 5.56 Å². The number of nitrogens with zero attached hydrogens (tertiary/aromatic N) is 3. The van der Waals surface area contributed by atoms with Gasteiger partial charge in [0.15, 0.2) is 0 Å². The SMILES string of the molecule is O=C(O)c1nc2ccccc2n(C2CC3COCC(C2)N3C2CCCCCCC2)c1=O. The molecule has 0 amide bonds. The van der Waals surface area contributed by atoms with Gasteiger partial charge < -0.3 is 14.4 Å². The molecule has 2 aliphatic heterocycles. The molecule has 1 aromatic heterocycles. The molecular formula is C24H31N3O4. The first-order valence-electron chi connectivity index (χ1n) is 11.7. The van der Waals surface area contributed by atoms with Gasteiger partial charge in [0.1, 0.15) is 0 Å². The van der Waals surface area contributed by atoms with Crippen LogP contribution in [0.3, 0.4) is 0 Å². The Morgan fingerprint density at radius 3 is 2.26 bits per heavy atom. The number of para-hydroxylation sites is 2. The van der Waals surface area contributed by atoms with E-state index in [2.05, 4.69) is 9.88 Å². The molecule has 0 radical (unpaired) electrons. The summed E-state index contributed by atoms with van der Waals surface area (Å²) in [5.74, 6) is -1.26. The van der Waals surface area contributed by atoms with E-state index in [9.17, 15) is 14.7 Å². The van der Waals surface area contributed by atoms with Crippen molar-refractivity contribution < 1.29 is 14.6 Å². The molecule has 2 unspecified atom stereocenters. The number of hydrogen-bond donors (Lipinski definition) is 1. The van der Waals surface area contributed by atoms with Crippen LogP contribution in [0.1, 0.15) is 74.3 Å². The van der Waals surface area contributed by atoms with Crippen molar-refractivity contribution in [1.82, 2.24) is 14.5 Å². The van der Waals surface area contributed by atoms with E-state index in [1.807, 2.05) is 18.2 Å². The highest BCUT2D eigenvalue weighted by Gasteiger charge is 2.43. The quantitative estimate of drug-likeness (QED) is 0.809. The number of carbonyl (C=O) groups is 1. The minimum Gasteiger partial charge on any atom is -0.476 e. The smallest absolute Gasteiger partial charge is 0.360 e. The lowest BCUT2D eigenvalue weighted by atomic mass is 9.85. The predicted molar refractivity (Wildman–Crippen MR) is 118 cm³/mol. The molecule has 1 N–H and O–H groups in total. The summed E-state index contributed by atoms with van der Waals surface area (Å²) in [6.07, 6.45) is 10.7. The van der Waals surface area contributed by atoms with Gasteiger partial charge in [-0.15, -0.1) is 0 Å². The van der Waals surface area contributed by atoms with Crippen molar-refractivity contribution in [2.45, 2.75) is 82.0 Å². The van der Waals surface area contributed by atoms with Gasteiger partial charge in [0, 0.05) is 24.2 Å². The van der Waals surface area contributed by atoms with Crippen LogP contribution in [0.15, 0.2) is 29.1 Å². The number of aromatic nitrogens is 2.